The Balaban J connectivity index is 1.67. The van der Waals surface area contributed by atoms with Crippen LogP contribution in [0.5, 0.6) is 0 Å². The number of imide groups is 1. The zero-order chi connectivity index (χ0) is 16.6. The smallest absolute Gasteiger partial charge is 0.325 e. The van der Waals surface area contributed by atoms with Crippen LogP contribution in [-0.4, -0.2) is 66.2 Å². The third kappa shape index (κ3) is 3.11. The molecule has 3 fully saturated rings. The minimum Gasteiger partial charge on any atom is -0.381 e. The van der Waals surface area contributed by atoms with Crippen LogP contribution in [0, 0.1) is 11.8 Å². The van der Waals surface area contributed by atoms with Gasteiger partial charge in [-0.2, -0.15) is 0 Å². The van der Waals surface area contributed by atoms with Crippen LogP contribution >= 0.6 is 0 Å². The van der Waals surface area contributed by atoms with Gasteiger partial charge in [0.2, 0.25) is 0 Å². The van der Waals surface area contributed by atoms with Gasteiger partial charge in [-0.3, -0.25) is 9.69 Å². The molecule has 3 saturated heterocycles. The number of carbonyl (C=O) groups is 2. The van der Waals surface area contributed by atoms with Crippen molar-refractivity contribution in [1.82, 2.24) is 15.1 Å². The number of carbonyl (C=O) groups excluding carboxylic acids is 2. The summed E-state index contributed by atoms with van der Waals surface area (Å²) in [7, 11) is 0. The Kier molecular flexibility index (Phi) is 4.65. The minimum atomic E-state index is -0.758. The summed E-state index contributed by atoms with van der Waals surface area (Å²) in [5.74, 6) is 0.731. The number of rotatable bonds is 4. The van der Waals surface area contributed by atoms with Crippen LogP contribution in [0.15, 0.2) is 0 Å². The number of nitrogens with one attached hydrogen (secondary N) is 1. The lowest BCUT2D eigenvalue weighted by molar-refractivity contribution is -0.134. The van der Waals surface area contributed by atoms with E-state index in [1.807, 2.05) is 20.8 Å². The fourth-order valence-corrected chi connectivity index (χ4v) is 4.21. The largest absolute Gasteiger partial charge is 0.381 e. The first kappa shape index (κ1) is 16.7. The molecule has 0 radical (unpaired) electrons. The van der Waals surface area contributed by atoms with Crippen LogP contribution in [0.25, 0.3) is 0 Å². The summed E-state index contributed by atoms with van der Waals surface area (Å²) in [6.07, 6.45) is 3.21. The van der Waals surface area contributed by atoms with Crippen LogP contribution < -0.4 is 5.32 Å². The molecular weight excluding hydrogens is 294 g/mol. The predicted molar refractivity (Wildman–Crippen MR) is 87.0 cm³/mol. The van der Waals surface area contributed by atoms with E-state index < -0.39 is 5.54 Å². The molecule has 1 N–H and O–H groups in total. The lowest BCUT2D eigenvalue weighted by Gasteiger charge is -2.40. The van der Waals surface area contributed by atoms with Crippen molar-refractivity contribution >= 4 is 11.9 Å². The third-order valence-electron chi connectivity index (χ3n) is 5.63. The second-order valence-electron chi connectivity index (χ2n) is 7.73. The first-order chi connectivity index (χ1) is 10.9. The summed E-state index contributed by atoms with van der Waals surface area (Å²) >= 11 is 0. The van der Waals surface area contributed by atoms with Crippen molar-refractivity contribution in [1.29, 1.82) is 0 Å². The SMILES string of the molecule is CC(C)N1C(=O)NC(C)(C2CCCN(CC3CCOC3)C2)C1=O. The number of piperidine rings is 1. The molecule has 6 nitrogen and oxygen atoms in total. The number of amides is 3. The topological polar surface area (TPSA) is 61.9 Å². The van der Waals surface area contributed by atoms with Gasteiger partial charge in [0.25, 0.3) is 5.91 Å². The van der Waals surface area contributed by atoms with E-state index in [0.29, 0.717) is 5.92 Å². The molecule has 3 amide bonds. The van der Waals surface area contributed by atoms with E-state index in [1.165, 1.54) is 4.90 Å². The highest BCUT2D eigenvalue weighted by Crippen LogP contribution is 2.33. The second-order valence-corrected chi connectivity index (χ2v) is 7.73. The molecule has 130 valence electrons. The van der Waals surface area contributed by atoms with Crippen molar-refractivity contribution in [2.24, 2.45) is 11.8 Å². The highest BCUT2D eigenvalue weighted by atomic mass is 16.5. The lowest BCUT2D eigenvalue weighted by Crippen LogP contribution is -2.56. The molecule has 3 rings (SSSR count). The summed E-state index contributed by atoms with van der Waals surface area (Å²) in [4.78, 5) is 28.9. The molecule has 3 heterocycles. The van der Waals surface area contributed by atoms with E-state index >= 15 is 0 Å². The molecule has 0 aromatic heterocycles. The van der Waals surface area contributed by atoms with Gasteiger partial charge >= 0.3 is 6.03 Å². The zero-order valence-electron chi connectivity index (χ0n) is 14.5. The molecule has 0 saturated carbocycles. The summed E-state index contributed by atoms with van der Waals surface area (Å²) in [6, 6.07) is -0.339. The molecule has 0 bridgehead atoms. The molecule has 0 spiro atoms. The summed E-state index contributed by atoms with van der Waals surface area (Å²) in [5.41, 5.74) is -0.758. The van der Waals surface area contributed by atoms with Gasteiger partial charge < -0.3 is 15.0 Å². The Morgan fingerprint density at radius 3 is 2.74 bits per heavy atom. The first-order valence-electron chi connectivity index (χ1n) is 8.87. The van der Waals surface area contributed by atoms with Gasteiger partial charge in [-0.25, -0.2) is 4.79 Å². The zero-order valence-corrected chi connectivity index (χ0v) is 14.5. The summed E-state index contributed by atoms with van der Waals surface area (Å²) in [6.45, 7) is 10.4. The van der Waals surface area contributed by atoms with Crippen LogP contribution in [0.3, 0.4) is 0 Å². The van der Waals surface area contributed by atoms with Gasteiger partial charge in [0.1, 0.15) is 5.54 Å². The molecule has 3 aliphatic heterocycles. The van der Waals surface area contributed by atoms with Crippen molar-refractivity contribution < 1.29 is 14.3 Å². The van der Waals surface area contributed by atoms with Crippen LogP contribution in [0.2, 0.25) is 0 Å². The van der Waals surface area contributed by atoms with Crippen LogP contribution in [0.1, 0.15) is 40.0 Å². The molecule has 3 aliphatic rings. The molecule has 0 aromatic rings. The molecular formula is C17H29N3O3. The predicted octanol–water partition coefficient (Wildman–Crippen LogP) is 1.45. The van der Waals surface area contributed by atoms with Crippen LogP contribution in [-0.2, 0) is 9.53 Å². The second kappa shape index (κ2) is 6.40. The monoisotopic (exact) mass is 323 g/mol. The average Bonchev–Trinajstić information content (AvgIpc) is 3.07. The molecule has 0 aliphatic carbocycles. The summed E-state index contributed by atoms with van der Waals surface area (Å²) < 4.78 is 5.47. The van der Waals surface area contributed by atoms with Gasteiger partial charge in [-0.15, -0.1) is 0 Å². The van der Waals surface area contributed by atoms with E-state index in [1.54, 1.807) is 0 Å². The molecule has 0 aromatic carbocycles. The standard InChI is InChI=1S/C17H29N3O3/c1-12(2)20-15(21)17(3,18-16(20)22)14-5-4-7-19(10-14)9-13-6-8-23-11-13/h12-14H,4-11H2,1-3H3,(H,18,22). The van der Waals surface area contributed by atoms with Crippen LogP contribution in [0.4, 0.5) is 4.79 Å². The Labute approximate surface area is 138 Å². The van der Waals surface area contributed by atoms with Crippen molar-refractivity contribution in [3.05, 3.63) is 0 Å². The number of urea groups is 1. The number of ether oxygens (including phenoxy) is 1. The Hall–Kier alpha value is -1.14. The molecule has 3 unspecified atom stereocenters. The van der Waals surface area contributed by atoms with E-state index in [2.05, 4.69) is 10.2 Å². The molecule has 6 heteroatoms. The Morgan fingerprint density at radius 2 is 2.13 bits per heavy atom. The minimum absolute atomic E-state index is 0.0615. The fraction of sp³-hybridized carbons (Fsp3) is 0.882. The first-order valence-corrected chi connectivity index (χ1v) is 8.87. The quantitative estimate of drug-likeness (QED) is 0.796. The van der Waals surface area contributed by atoms with E-state index in [4.69, 9.17) is 4.74 Å². The number of likely N-dealkylation sites (tertiary alicyclic amines) is 1. The van der Waals surface area contributed by atoms with Crippen molar-refractivity contribution in [2.75, 3.05) is 32.8 Å². The highest BCUT2D eigenvalue weighted by molar-refractivity contribution is 6.07. The van der Waals surface area contributed by atoms with Gasteiger partial charge in [-0.05, 0) is 52.5 Å². The van der Waals surface area contributed by atoms with Gasteiger partial charge in [0.15, 0.2) is 0 Å². The molecule has 23 heavy (non-hydrogen) atoms. The molecule has 3 atom stereocenters. The van der Waals surface area contributed by atoms with Crippen molar-refractivity contribution in [2.45, 2.75) is 51.6 Å². The third-order valence-corrected chi connectivity index (χ3v) is 5.63. The summed E-state index contributed by atoms with van der Waals surface area (Å²) in [5, 5.41) is 2.98. The fourth-order valence-electron chi connectivity index (χ4n) is 4.21. The van der Waals surface area contributed by atoms with E-state index in [9.17, 15) is 9.59 Å². The number of nitrogens with zero attached hydrogens (tertiary/aromatic N) is 2. The van der Waals surface area contributed by atoms with E-state index in [-0.39, 0.29) is 23.9 Å². The Bertz CT molecular complexity index is 476. The maximum Gasteiger partial charge on any atom is 0.325 e. The maximum atomic E-state index is 12.8. The van der Waals surface area contributed by atoms with Gasteiger partial charge in [0, 0.05) is 31.7 Å². The maximum absolute atomic E-state index is 12.8. The lowest BCUT2D eigenvalue weighted by atomic mass is 9.79. The number of hydrogen-bond acceptors (Lipinski definition) is 4. The average molecular weight is 323 g/mol. The Morgan fingerprint density at radius 1 is 1.35 bits per heavy atom. The van der Waals surface area contributed by atoms with Crippen molar-refractivity contribution in [3.8, 4) is 0 Å². The number of hydrogen-bond donors (Lipinski definition) is 1. The van der Waals surface area contributed by atoms with Gasteiger partial charge in [0.05, 0.1) is 6.61 Å². The normalized spacial score (nSPS) is 36.1. The van der Waals surface area contributed by atoms with E-state index in [0.717, 1.165) is 52.1 Å². The van der Waals surface area contributed by atoms with Crippen molar-refractivity contribution in [3.63, 3.8) is 0 Å². The van der Waals surface area contributed by atoms with Gasteiger partial charge in [-0.1, -0.05) is 0 Å². The highest BCUT2D eigenvalue weighted by Gasteiger charge is 2.53.